The standard InChI is InChI=1S/C16H24N2O4/c1-21-14-6-5-13(22-14)15(19)18-10-4-7-16(20,12-18)11-17-8-2-3-9-17/h5-6,20H,2-4,7-12H2,1H3/t16-/m0/s1. The van der Waals surface area contributed by atoms with Gasteiger partial charge in [0.05, 0.1) is 19.3 Å². The van der Waals surface area contributed by atoms with Crippen LogP contribution >= 0.6 is 0 Å². The zero-order chi connectivity index (χ0) is 15.6. The van der Waals surface area contributed by atoms with Crippen LogP contribution in [0.5, 0.6) is 5.95 Å². The van der Waals surface area contributed by atoms with Crippen LogP contribution in [0.15, 0.2) is 16.5 Å². The monoisotopic (exact) mass is 308 g/mol. The quantitative estimate of drug-likeness (QED) is 0.909. The molecule has 1 atom stereocenters. The van der Waals surface area contributed by atoms with E-state index in [1.807, 2.05) is 0 Å². The van der Waals surface area contributed by atoms with Gasteiger partial charge < -0.3 is 24.1 Å². The molecule has 22 heavy (non-hydrogen) atoms. The van der Waals surface area contributed by atoms with Gasteiger partial charge in [0.25, 0.3) is 11.9 Å². The van der Waals surface area contributed by atoms with Crippen molar-refractivity contribution < 1.29 is 19.1 Å². The lowest BCUT2D eigenvalue weighted by atomic mass is 9.92. The molecule has 0 aliphatic carbocycles. The van der Waals surface area contributed by atoms with E-state index in [-0.39, 0.29) is 11.7 Å². The van der Waals surface area contributed by atoms with E-state index in [9.17, 15) is 9.90 Å². The second-order valence-corrected chi connectivity index (χ2v) is 6.36. The second kappa shape index (κ2) is 6.30. The summed E-state index contributed by atoms with van der Waals surface area (Å²) in [5.41, 5.74) is -0.811. The van der Waals surface area contributed by atoms with Crippen molar-refractivity contribution in [2.75, 3.05) is 39.8 Å². The predicted molar refractivity (Wildman–Crippen MR) is 81.0 cm³/mol. The highest BCUT2D eigenvalue weighted by Gasteiger charge is 2.38. The Bertz CT molecular complexity index is 524. The number of hydrogen-bond donors (Lipinski definition) is 1. The lowest BCUT2D eigenvalue weighted by Gasteiger charge is -2.40. The maximum absolute atomic E-state index is 12.5. The molecule has 6 heteroatoms. The van der Waals surface area contributed by atoms with Crippen LogP contribution in [0.3, 0.4) is 0 Å². The molecule has 2 saturated heterocycles. The zero-order valence-corrected chi connectivity index (χ0v) is 13.1. The molecule has 122 valence electrons. The van der Waals surface area contributed by atoms with Crippen molar-refractivity contribution in [2.45, 2.75) is 31.3 Å². The first-order valence-electron chi connectivity index (χ1n) is 7.97. The van der Waals surface area contributed by atoms with Crippen LogP contribution in [0.4, 0.5) is 0 Å². The second-order valence-electron chi connectivity index (χ2n) is 6.36. The molecule has 1 aromatic rings. The molecule has 3 rings (SSSR count). The Hall–Kier alpha value is -1.53. The molecule has 1 amide bonds. The average Bonchev–Trinajstić information content (AvgIpc) is 3.17. The van der Waals surface area contributed by atoms with Crippen molar-refractivity contribution in [1.29, 1.82) is 0 Å². The van der Waals surface area contributed by atoms with Gasteiger partial charge in [0, 0.05) is 19.2 Å². The van der Waals surface area contributed by atoms with E-state index in [1.165, 1.54) is 20.0 Å². The van der Waals surface area contributed by atoms with Gasteiger partial charge in [0.2, 0.25) is 0 Å². The number of β-amino-alcohol motifs (C(OH)–C–C–N with tert-alkyl or cyclic N) is 1. The zero-order valence-electron chi connectivity index (χ0n) is 13.1. The van der Waals surface area contributed by atoms with Crippen molar-refractivity contribution >= 4 is 5.91 Å². The Morgan fingerprint density at radius 1 is 1.32 bits per heavy atom. The highest BCUT2D eigenvalue weighted by atomic mass is 16.6. The minimum Gasteiger partial charge on any atom is -0.468 e. The van der Waals surface area contributed by atoms with Gasteiger partial charge in [-0.3, -0.25) is 4.79 Å². The summed E-state index contributed by atoms with van der Waals surface area (Å²) >= 11 is 0. The highest BCUT2D eigenvalue weighted by molar-refractivity contribution is 5.91. The summed E-state index contributed by atoms with van der Waals surface area (Å²) in [7, 11) is 1.50. The molecule has 0 saturated carbocycles. The highest BCUT2D eigenvalue weighted by Crippen LogP contribution is 2.26. The molecule has 3 heterocycles. The molecule has 1 aromatic heterocycles. The molecular weight excluding hydrogens is 284 g/mol. The molecule has 0 bridgehead atoms. The van der Waals surface area contributed by atoms with Crippen molar-refractivity contribution in [3.8, 4) is 5.95 Å². The summed E-state index contributed by atoms with van der Waals surface area (Å²) in [6, 6.07) is 3.25. The summed E-state index contributed by atoms with van der Waals surface area (Å²) in [4.78, 5) is 16.5. The number of hydrogen-bond acceptors (Lipinski definition) is 5. The number of piperidine rings is 1. The first-order chi connectivity index (χ1) is 10.6. The third kappa shape index (κ3) is 3.28. The first-order valence-corrected chi connectivity index (χ1v) is 7.97. The van der Waals surface area contributed by atoms with Crippen LogP contribution in [0.25, 0.3) is 0 Å². The van der Waals surface area contributed by atoms with Crippen LogP contribution in [0.1, 0.15) is 36.2 Å². The van der Waals surface area contributed by atoms with Gasteiger partial charge >= 0.3 is 0 Å². The van der Waals surface area contributed by atoms with Gasteiger partial charge in [0.1, 0.15) is 0 Å². The number of furan rings is 1. The van der Waals surface area contributed by atoms with Crippen molar-refractivity contribution in [3.05, 3.63) is 17.9 Å². The first kappa shape index (κ1) is 15.4. The summed E-state index contributed by atoms with van der Waals surface area (Å²) in [5.74, 6) is 0.415. The molecule has 2 aliphatic rings. The fraction of sp³-hybridized carbons (Fsp3) is 0.688. The number of amides is 1. The van der Waals surface area contributed by atoms with E-state index < -0.39 is 5.60 Å². The molecule has 0 radical (unpaired) electrons. The van der Waals surface area contributed by atoms with Gasteiger partial charge in [-0.1, -0.05) is 0 Å². The van der Waals surface area contributed by atoms with Gasteiger partial charge in [-0.25, -0.2) is 0 Å². The van der Waals surface area contributed by atoms with Crippen LogP contribution < -0.4 is 4.74 Å². The Morgan fingerprint density at radius 2 is 2.09 bits per heavy atom. The van der Waals surface area contributed by atoms with E-state index in [2.05, 4.69) is 4.90 Å². The van der Waals surface area contributed by atoms with Crippen molar-refractivity contribution in [3.63, 3.8) is 0 Å². The Kier molecular flexibility index (Phi) is 4.40. The van der Waals surface area contributed by atoms with E-state index in [1.54, 1.807) is 17.0 Å². The number of carbonyl (C=O) groups excluding carboxylic acids is 1. The topological polar surface area (TPSA) is 66.2 Å². The smallest absolute Gasteiger partial charge is 0.289 e. The molecule has 1 N–H and O–H groups in total. The number of likely N-dealkylation sites (tertiary alicyclic amines) is 2. The lowest BCUT2D eigenvalue weighted by Crippen LogP contribution is -2.55. The van der Waals surface area contributed by atoms with E-state index in [0.717, 1.165) is 25.9 Å². The third-order valence-electron chi connectivity index (χ3n) is 4.55. The minimum atomic E-state index is -0.811. The summed E-state index contributed by atoms with van der Waals surface area (Å²) < 4.78 is 10.3. The molecule has 0 spiro atoms. The van der Waals surface area contributed by atoms with Crippen LogP contribution in [-0.2, 0) is 0 Å². The normalized spacial score (nSPS) is 26.4. The molecule has 2 aliphatic heterocycles. The molecule has 0 unspecified atom stereocenters. The largest absolute Gasteiger partial charge is 0.468 e. The summed E-state index contributed by atoms with van der Waals surface area (Å²) in [6.07, 6.45) is 3.96. The maximum Gasteiger partial charge on any atom is 0.289 e. The van der Waals surface area contributed by atoms with E-state index in [0.29, 0.717) is 25.6 Å². The van der Waals surface area contributed by atoms with E-state index in [4.69, 9.17) is 9.15 Å². The number of methoxy groups -OCH3 is 1. The SMILES string of the molecule is COc1ccc(C(=O)N2CCC[C@](O)(CN3CCCC3)C2)o1. The molecule has 6 nitrogen and oxygen atoms in total. The number of rotatable bonds is 4. The number of aliphatic hydroxyl groups is 1. The summed E-state index contributed by atoms with van der Waals surface area (Å²) in [5, 5.41) is 10.9. The summed E-state index contributed by atoms with van der Waals surface area (Å²) in [6.45, 7) is 3.77. The Balaban J connectivity index is 1.65. The molecule has 0 aromatic carbocycles. The molecule has 2 fully saturated rings. The lowest BCUT2D eigenvalue weighted by molar-refractivity contribution is -0.0437. The average molecular weight is 308 g/mol. The number of nitrogens with zero attached hydrogens (tertiary/aromatic N) is 2. The van der Waals surface area contributed by atoms with Crippen LogP contribution in [-0.4, -0.2) is 66.2 Å². The third-order valence-corrected chi connectivity index (χ3v) is 4.55. The van der Waals surface area contributed by atoms with Gasteiger partial charge in [0.15, 0.2) is 5.76 Å². The predicted octanol–water partition coefficient (Wildman–Crippen LogP) is 1.35. The Labute approximate surface area is 130 Å². The number of carbonyl (C=O) groups is 1. The fourth-order valence-electron chi connectivity index (χ4n) is 3.47. The van der Waals surface area contributed by atoms with Crippen molar-refractivity contribution in [2.24, 2.45) is 0 Å². The van der Waals surface area contributed by atoms with Crippen molar-refractivity contribution in [1.82, 2.24) is 9.80 Å². The number of ether oxygens (including phenoxy) is 1. The minimum absolute atomic E-state index is 0.178. The fourth-order valence-corrected chi connectivity index (χ4v) is 3.47. The van der Waals surface area contributed by atoms with Gasteiger partial charge in [-0.15, -0.1) is 0 Å². The van der Waals surface area contributed by atoms with Crippen LogP contribution in [0.2, 0.25) is 0 Å². The molecular formula is C16H24N2O4. The maximum atomic E-state index is 12.5. The van der Waals surface area contributed by atoms with Gasteiger partial charge in [-0.2, -0.15) is 0 Å². The van der Waals surface area contributed by atoms with Crippen LogP contribution in [0, 0.1) is 0 Å². The van der Waals surface area contributed by atoms with E-state index >= 15 is 0 Å². The van der Waals surface area contributed by atoms with Gasteiger partial charge in [-0.05, 0) is 44.8 Å². The Morgan fingerprint density at radius 3 is 2.77 bits per heavy atom.